The lowest BCUT2D eigenvalue weighted by atomic mass is 10.1. The quantitative estimate of drug-likeness (QED) is 0.650. The molecule has 0 aliphatic carbocycles. The first-order valence-electron chi connectivity index (χ1n) is 6.65. The summed E-state index contributed by atoms with van der Waals surface area (Å²) >= 11 is 1.24. The molecule has 0 aliphatic rings. The third-order valence-corrected chi connectivity index (χ3v) is 4.21. The molecule has 0 atom stereocenters. The van der Waals surface area contributed by atoms with Crippen LogP contribution >= 0.6 is 11.8 Å². The molecule has 0 heterocycles. The Morgan fingerprint density at radius 3 is 2.41 bits per heavy atom. The van der Waals surface area contributed by atoms with E-state index in [2.05, 4.69) is 0 Å². The second-order valence-corrected chi connectivity index (χ2v) is 5.76. The fourth-order valence-corrected chi connectivity index (χ4v) is 2.86. The largest absolute Gasteiger partial charge is 0.497 e. The monoisotopic (exact) mass is 316 g/mol. The summed E-state index contributed by atoms with van der Waals surface area (Å²) in [6.45, 7) is 1.84. The second-order valence-electron chi connectivity index (χ2n) is 4.75. The molecule has 0 aliphatic heterocycles. The number of carbonyl (C=O) groups is 2. The van der Waals surface area contributed by atoms with Crippen molar-refractivity contribution in [2.24, 2.45) is 0 Å². The third-order valence-electron chi connectivity index (χ3n) is 3.14. The van der Waals surface area contributed by atoms with Gasteiger partial charge in [0.15, 0.2) is 5.78 Å². The van der Waals surface area contributed by atoms with Gasteiger partial charge in [0, 0.05) is 10.5 Å². The van der Waals surface area contributed by atoms with E-state index in [1.54, 1.807) is 43.5 Å². The first-order chi connectivity index (χ1) is 10.5. The van der Waals surface area contributed by atoms with Gasteiger partial charge in [-0.25, -0.2) is 4.79 Å². The number of methoxy groups -OCH3 is 1. The van der Waals surface area contributed by atoms with Crippen molar-refractivity contribution >= 4 is 23.5 Å². The van der Waals surface area contributed by atoms with E-state index in [1.807, 2.05) is 13.0 Å². The van der Waals surface area contributed by atoms with Crippen LogP contribution in [0.3, 0.4) is 0 Å². The molecule has 0 saturated carbocycles. The molecular formula is C17H16O4S. The van der Waals surface area contributed by atoms with Crippen LogP contribution in [0.2, 0.25) is 0 Å². The Balaban J connectivity index is 2.09. The first kappa shape index (κ1) is 16.1. The maximum atomic E-state index is 12.2. The predicted octanol–water partition coefficient (Wildman–Crippen LogP) is 3.68. The maximum absolute atomic E-state index is 12.2. The number of rotatable bonds is 6. The minimum Gasteiger partial charge on any atom is -0.497 e. The average molecular weight is 316 g/mol. The number of hydrogen-bond donors (Lipinski definition) is 1. The maximum Gasteiger partial charge on any atom is 0.336 e. The van der Waals surface area contributed by atoms with E-state index < -0.39 is 5.97 Å². The van der Waals surface area contributed by atoms with Gasteiger partial charge in [-0.3, -0.25) is 4.79 Å². The molecule has 22 heavy (non-hydrogen) atoms. The molecule has 0 unspecified atom stereocenters. The minimum atomic E-state index is -0.983. The molecule has 5 heteroatoms. The standard InChI is InChI=1S/C17H16O4S/c1-11-3-8-16(14(9-11)17(19)20)22-10-15(18)12-4-6-13(21-2)7-5-12/h3-9H,10H2,1-2H3,(H,19,20). The predicted molar refractivity (Wildman–Crippen MR) is 86.2 cm³/mol. The van der Waals surface area contributed by atoms with E-state index in [0.717, 1.165) is 5.56 Å². The van der Waals surface area contributed by atoms with Gasteiger partial charge in [-0.2, -0.15) is 0 Å². The molecule has 0 radical (unpaired) electrons. The zero-order chi connectivity index (χ0) is 16.1. The van der Waals surface area contributed by atoms with Crippen molar-refractivity contribution < 1.29 is 19.4 Å². The molecule has 0 saturated heterocycles. The van der Waals surface area contributed by atoms with Crippen LogP contribution in [0, 0.1) is 6.92 Å². The summed E-state index contributed by atoms with van der Waals surface area (Å²) in [7, 11) is 1.57. The van der Waals surface area contributed by atoms with Gasteiger partial charge in [-0.1, -0.05) is 11.6 Å². The smallest absolute Gasteiger partial charge is 0.336 e. The molecule has 0 aromatic heterocycles. The number of thioether (sulfide) groups is 1. The van der Waals surface area contributed by atoms with Crippen LogP contribution in [0.25, 0.3) is 0 Å². The van der Waals surface area contributed by atoms with Crippen molar-refractivity contribution in [2.45, 2.75) is 11.8 Å². The van der Waals surface area contributed by atoms with Crippen LogP contribution in [0.5, 0.6) is 5.75 Å². The highest BCUT2D eigenvalue weighted by atomic mass is 32.2. The van der Waals surface area contributed by atoms with Crippen molar-refractivity contribution in [1.82, 2.24) is 0 Å². The van der Waals surface area contributed by atoms with Gasteiger partial charge in [-0.15, -0.1) is 11.8 Å². The molecular weight excluding hydrogens is 300 g/mol. The van der Waals surface area contributed by atoms with Gasteiger partial charge in [-0.05, 0) is 43.3 Å². The van der Waals surface area contributed by atoms with Crippen LogP contribution < -0.4 is 4.74 Å². The molecule has 4 nitrogen and oxygen atoms in total. The lowest BCUT2D eigenvalue weighted by molar-refractivity contribution is 0.0692. The zero-order valence-corrected chi connectivity index (χ0v) is 13.1. The molecule has 0 bridgehead atoms. The number of aromatic carboxylic acids is 1. The number of Topliss-reactive ketones (excluding diaryl/α,β-unsaturated/α-hetero) is 1. The Morgan fingerprint density at radius 2 is 1.82 bits per heavy atom. The highest BCUT2D eigenvalue weighted by molar-refractivity contribution is 8.00. The lowest BCUT2D eigenvalue weighted by Crippen LogP contribution is -2.04. The van der Waals surface area contributed by atoms with E-state index >= 15 is 0 Å². The summed E-state index contributed by atoms with van der Waals surface area (Å²) in [5, 5.41) is 9.22. The molecule has 0 amide bonds. The topological polar surface area (TPSA) is 63.6 Å². The highest BCUT2D eigenvalue weighted by Crippen LogP contribution is 2.25. The number of carboxylic acids is 1. The van der Waals surface area contributed by atoms with E-state index in [1.165, 1.54) is 11.8 Å². The van der Waals surface area contributed by atoms with E-state index in [0.29, 0.717) is 16.2 Å². The van der Waals surface area contributed by atoms with Crippen molar-refractivity contribution in [3.63, 3.8) is 0 Å². The Bertz CT molecular complexity index is 692. The Kier molecular flexibility index (Phi) is 5.22. The SMILES string of the molecule is COc1ccc(C(=O)CSc2ccc(C)cc2C(=O)O)cc1. The van der Waals surface area contributed by atoms with E-state index in [9.17, 15) is 14.7 Å². The van der Waals surface area contributed by atoms with Crippen LogP contribution in [0.4, 0.5) is 0 Å². The summed E-state index contributed by atoms with van der Waals surface area (Å²) in [4.78, 5) is 24.0. The normalized spacial score (nSPS) is 10.3. The van der Waals surface area contributed by atoms with Crippen molar-refractivity contribution in [3.05, 3.63) is 59.2 Å². The number of ether oxygens (including phenoxy) is 1. The van der Waals surface area contributed by atoms with Gasteiger partial charge in [0.1, 0.15) is 5.75 Å². The van der Waals surface area contributed by atoms with Gasteiger partial charge >= 0.3 is 5.97 Å². The summed E-state index contributed by atoms with van der Waals surface area (Å²) in [6.07, 6.45) is 0. The van der Waals surface area contributed by atoms with Gasteiger partial charge in [0.05, 0.1) is 18.4 Å². The Labute approximate surface area is 133 Å². The van der Waals surface area contributed by atoms with Gasteiger partial charge < -0.3 is 9.84 Å². The Hall–Kier alpha value is -2.27. The average Bonchev–Trinajstić information content (AvgIpc) is 2.53. The number of carboxylic acid groups (broad SMARTS) is 1. The van der Waals surface area contributed by atoms with Crippen LogP contribution in [0.1, 0.15) is 26.3 Å². The molecule has 1 N–H and O–H groups in total. The highest BCUT2D eigenvalue weighted by Gasteiger charge is 2.13. The van der Waals surface area contributed by atoms with Crippen molar-refractivity contribution in [1.29, 1.82) is 0 Å². The van der Waals surface area contributed by atoms with Gasteiger partial charge in [0.2, 0.25) is 0 Å². The summed E-state index contributed by atoms with van der Waals surface area (Å²) in [6, 6.07) is 12.1. The van der Waals surface area contributed by atoms with Crippen molar-refractivity contribution in [2.75, 3.05) is 12.9 Å². The van der Waals surface area contributed by atoms with Crippen LogP contribution in [0.15, 0.2) is 47.4 Å². The number of carbonyl (C=O) groups excluding carboxylic acids is 1. The van der Waals surface area contributed by atoms with Crippen LogP contribution in [-0.2, 0) is 0 Å². The number of hydrogen-bond acceptors (Lipinski definition) is 4. The minimum absolute atomic E-state index is 0.0513. The molecule has 2 rings (SSSR count). The molecule has 2 aromatic rings. The number of ketones is 1. The lowest BCUT2D eigenvalue weighted by Gasteiger charge is -2.07. The summed E-state index contributed by atoms with van der Waals surface area (Å²) < 4.78 is 5.05. The number of benzene rings is 2. The third kappa shape index (κ3) is 3.89. The zero-order valence-electron chi connectivity index (χ0n) is 12.3. The van der Waals surface area contributed by atoms with Gasteiger partial charge in [0.25, 0.3) is 0 Å². The van der Waals surface area contributed by atoms with Crippen molar-refractivity contribution in [3.8, 4) is 5.75 Å². The summed E-state index contributed by atoms with van der Waals surface area (Å²) in [5.41, 5.74) is 1.69. The molecule has 0 fully saturated rings. The fraction of sp³-hybridized carbons (Fsp3) is 0.176. The number of aryl methyl sites for hydroxylation is 1. The molecule has 114 valence electrons. The van der Waals surface area contributed by atoms with E-state index in [-0.39, 0.29) is 17.1 Å². The fourth-order valence-electron chi connectivity index (χ4n) is 1.94. The summed E-state index contributed by atoms with van der Waals surface area (Å²) in [5.74, 6) is -0.154. The molecule has 2 aromatic carbocycles. The Morgan fingerprint density at radius 1 is 1.14 bits per heavy atom. The first-order valence-corrected chi connectivity index (χ1v) is 7.64. The molecule has 0 spiro atoms. The van der Waals surface area contributed by atoms with Crippen LogP contribution in [-0.4, -0.2) is 29.7 Å². The van der Waals surface area contributed by atoms with E-state index in [4.69, 9.17) is 4.74 Å². The second kappa shape index (κ2) is 7.13.